The lowest BCUT2D eigenvalue weighted by molar-refractivity contribution is 0.0693. The first-order valence-corrected chi connectivity index (χ1v) is 7.17. The Balaban J connectivity index is 2.39. The van der Waals surface area contributed by atoms with Crippen LogP contribution in [0.5, 0.6) is 23.0 Å². The van der Waals surface area contributed by atoms with Gasteiger partial charge in [-0.15, -0.1) is 0 Å². The molecule has 25 heavy (non-hydrogen) atoms. The summed E-state index contributed by atoms with van der Waals surface area (Å²) in [5.41, 5.74) is 0.831. The molecule has 0 aromatic heterocycles. The summed E-state index contributed by atoms with van der Waals surface area (Å²) in [6, 6.07) is 7.77. The molecule has 2 aromatic carbocycles. The van der Waals surface area contributed by atoms with Crippen LogP contribution in [0.3, 0.4) is 0 Å². The molecule has 0 fully saturated rings. The molecule has 0 heterocycles. The summed E-state index contributed by atoms with van der Waals surface area (Å²) in [7, 11) is 5.91. The van der Waals surface area contributed by atoms with Crippen LogP contribution < -0.4 is 18.9 Å². The van der Waals surface area contributed by atoms with Crippen molar-refractivity contribution in [2.75, 3.05) is 28.4 Å². The highest BCUT2D eigenvalue weighted by Crippen LogP contribution is 2.41. The molecule has 0 aliphatic rings. The molecule has 0 saturated heterocycles. The first kappa shape index (κ1) is 18.1. The largest absolute Gasteiger partial charge is 0.496 e. The Morgan fingerprint density at radius 1 is 0.800 bits per heavy atom. The van der Waals surface area contributed by atoms with Crippen molar-refractivity contribution in [2.24, 2.45) is 10.2 Å². The molecule has 0 aliphatic heterocycles. The second-order valence-corrected chi connectivity index (χ2v) is 4.77. The van der Waals surface area contributed by atoms with Crippen molar-refractivity contribution in [2.45, 2.75) is 0 Å². The fourth-order valence-corrected chi connectivity index (χ4v) is 2.17. The molecule has 0 atom stereocenters. The van der Waals surface area contributed by atoms with Crippen molar-refractivity contribution in [3.63, 3.8) is 0 Å². The number of nitrogens with zero attached hydrogens (tertiary/aromatic N) is 2. The zero-order chi connectivity index (χ0) is 18.4. The highest BCUT2D eigenvalue weighted by Gasteiger charge is 2.14. The van der Waals surface area contributed by atoms with E-state index in [1.807, 2.05) is 0 Å². The van der Waals surface area contributed by atoms with E-state index in [2.05, 4.69) is 10.2 Å². The predicted octanol–water partition coefficient (Wildman–Crippen LogP) is 3.83. The maximum atomic E-state index is 11.2. The van der Waals surface area contributed by atoms with Gasteiger partial charge in [-0.05, 0) is 18.2 Å². The Hall–Kier alpha value is -3.29. The van der Waals surface area contributed by atoms with Crippen molar-refractivity contribution < 1.29 is 28.8 Å². The lowest BCUT2D eigenvalue weighted by Gasteiger charge is -2.12. The third-order valence-electron chi connectivity index (χ3n) is 3.34. The van der Waals surface area contributed by atoms with E-state index in [4.69, 9.17) is 18.9 Å². The maximum Gasteiger partial charge on any atom is 0.339 e. The van der Waals surface area contributed by atoms with Crippen LogP contribution >= 0.6 is 0 Å². The minimum atomic E-state index is -1.11. The van der Waals surface area contributed by atoms with Crippen LogP contribution in [0.25, 0.3) is 0 Å². The Morgan fingerprint density at radius 3 is 1.84 bits per heavy atom. The molecule has 8 nitrogen and oxygen atoms in total. The van der Waals surface area contributed by atoms with Crippen molar-refractivity contribution in [3.05, 3.63) is 35.9 Å². The maximum absolute atomic E-state index is 11.2. The first-order valence-electron chi connectivity index (χ1n) is 7.17. The SMILES string of the molecule is COc1ccc(/N=N/c2cc(OC)c(OC)c(OC)c2)cc1C(=O)O. The number of ether oxygens (including phenoxy) is 4. The van der Waals surface area contributed by atoms with E-state index < -0.39 is 5.97 Å². The van der Waals surface area contributed by atoms with Crippen LogP contribution in [-0.2, 0) is 0 Å². The number of benzene rings is 2. The average molecular weight is 346 g/mol. The number of methoxy groups -OCH3 is 4. The number of azo groups is 1. The molecule has 0 aliphatic carbocycles. The topological polar surface area (TPSA) is 98.9 Å². The predicted molar refractivity (Wildman–Crippen MR) is 90.2 cm³/mol. The third kappa shape index (κ3) is 3.97. The smallest absolute Gasteiger partial charge is 0.339 e. The fraction of sp³-hybridized carbons (Fsp3) is 0.235. The molecule has 132 valence electrons. The molecule has 0 spiro atoms. The molecule has 8 heteroatoms. The minimum Gasteiger partial charge on any atom is -0.496 e. The van der Waals surface area contributed by atoms with Gasteiger partial charge >= 0.3 is 5.97 Å². The molecule has 0 saturated carbocycles. The van der Waals surface area contributed by atoms with Crippen molar-refractivity contribution in [1.29, 1.82) is 0 Å². The second kappa shape index (κ2) is 8.00. The van der Waals surface area contributed by atoms with Crippen LogP contribution in [0.2, 0.25) is 0 Å². The molecule has 0 amide bonds. The lowest BCUT2D eigenvalue weighted by Crippen LogP contribution is -1.99. The zero-order valence-corrected chi connectivity index (χ0v) is 14.3. The standard InChI is InChI=1S/C17H18N2O6/c1-22-13-6-5-10(7-12(13)17(20)21)18-19-11-8-14(23-2)16(25-4)15(9-11)24-3/h5-9H,1-4H3,(H,20,21)/b19-18+. The monoisotopic (exact) mass is 346 g/mol. The van der Waals surface area contributed by atoms with Gasteiger partial charge in [-0.1, -0.05) is 0 Å². The van der Waals surface area contributed by atoms with Crippen molar-refractivity contribution >= 4 is 17.3 Å². The van der Waals surface area contributed by atoms with Crippen LogP contribution in [0.4, 0.5) is 11.4 Å². The number of rotatable bonds is 7. The number of hydrogen-bond donors (Lipinski definition) is 1. The average Bonchev–Trinajstić information content (AvgIpc) is 2.64. The van der Waals surface area contributed by atoms with E-state index in [1.165, 1.54) is 40.6 Å². The third-order valence-corrected chi connectivity index (χ3v) is 3.34. The van der Waals surface area contributed by atoms with Gasteiger partial charge in [0, 0.05) is 12.1 Å². The molecular weight excluding hydrogens is 328 g/mol. The molecule has 0 radical (unpaired) electrons. The van der Waals surface area contributed by atoms with Gasteiger partial charge in [-0.3, -0.25) is 0 Å². The van der Waals surface area contributed by atoms with Crippen LogP contribution in [-0.4, -0.2) is 39.5 Å². The molecule has 2 rings (SSSR count). The number of carboxylic acid groups (broad SMARTS) is 1. The Kier molecular flexibility index (Phi) is 5.78. The fourth-order valence-electron chi connectivity index (χ4n) is 2.17. The molecule has 1 N–H and O–H groups in total. The van der Waals surface area contributed by atoms with Gasteiger partial charge in [0.1, 0.15) is 11.3 Å². The van der Waals surface area contributed by atoms with E-state index in [0.29, 0.717) is 28.6 Å². The number of carboxylic acids is 1. The van der Waals surface area contributed by atoms with Crippen molar-refractivity contribution in [3.8, 4) is 23.0 Å². The molecule has 0 unspecified atom stereocenters. The van der Waals surface area contributed by atoms with E-state index in [0.717, 1.165) is 0 Å². The first-order chi connectivity index (χ1) is 12.0. The quantitative estimate of drug-likeness (QED) is 0.765. The van der Waals surface area contributed by atoms with Crippen LogP contribution in [0, 0.1) is 0 Å². The van der Waals surface area contributed by atoms with Gasteiger partial charge in [-0.2, -0.15) is 10.2 Å². The summed E-state index contributed by atoms with van der Waals surface area (Å²) in [4.78, 5) is 11.2. The second-order valence-electron chi connectivity index (χ2n) is 4.77. The van der Waals surface area contributed by atoms with Gasteiger partial charge in [0.25, 0.3) is 0 Å². The van der Waals surface area contributed by atoms with Gasteiger partial charge in [0.05, 0.1) is 39.8 Å². The van der Waals surface area contributed by atoms with E-state index in [-0.39, 0.29) is 11.3 Å². The van der Waals surface area contributed by atoms with Gasteiger partial charge < -0.3 is 24.1 Å². The Morgan fingerprint density at radius 2 is 1.36 bits per heavy atom. The normalized spacial score (nSPS) is 10.6. The van der Waals surface area contributed by atoms with Gasteiger partial charge in [-0.25, -0.2) is 4.79 Å². The molecular formula is C17H18N2O6. The Bertz CT molecular complexity index is 779. The van der Waals surface area contributed by atoms with E-state index in [1.54, 1.807) is 18.2 Å². The van der Waals surface area contributed by atoms with E-state index >= 15 is 0 Å². The minimum absolute atomic E-state index is 0.00356. The number of hydrogen-bond acceptors (Lipinski definition) is 7. The summed E-state index contributed by atoms with van der Waals surface area (Å²) in [5.74, 6) is 0.469. The van der Waals surface area contributed by atoms with E-state index in [9.17, 15) is 9.90 Å². The number of aromatic carboxylic acids is 1. The molecule has 0 bridgehead atoms. The van der Waals surface area contributed by atoms with Gasteiger partial charge in [0.2, 0.25) is 5.75 Å². The van der Waals surface area contributed by atoms with Crippen LogP contribution in [0.15, 0.2) is 40.6 Å². The summed E-state index contributed by atoms with van der Waals surface area (Å²) in [6.45, 7) is 0. The van der Waals surface area contributed by atoms with Gasteiger partial charge in [0.15, 0.2) is 11.5 Å². The summed E-state index contributed by atoms with van der Waals surface area (Å²) >= 11 is 0. The summed E-state index contributed by atoms with van der Waals surface area (Å²) < 4.78 is 20.8. The Labute approximate surface area is 144 Å². The molecule has 2 aromatic rings. The highest BCUT2D eigenvalue weighted by molar-refractivity contribution is 5.91. The van der Waals surface area contributed by atoms with Crippen LogP contribution in [0.1, 0.15) is 10.4 Å². The lowest BCUT2D eigenvalue weighted by atomic mass is 10.2. The zero-order valence-electron chi connectivity index (χ0n) is 14.3. The highest BCUT2D eigenvalue weighted by atomic mass is 16.5. The number of carbonyl (C=O) groups is 1. The van der Waals surface area contributed by atoms with Crippen molar-refractivity contribution in [1.82, 2.24) is 0 Å². The summed E-state index contributed by atoms with van der Waals surface area (Å²) in [6.07, 6.45) is 0. The summed E-state index contributed by atoms with van der Waals surface area (Å²) in [5, 5.41) is 17.4.